The number of carbonyl (C=O) groups is 1. The van der Waals surface area contributed by atoms with E-state index in [-0.39, 0.29) is 0 Å². The van der Waals surface area contributed by atoms with Gasteiger partial charge in [0.15, 0.2) is 5.78 Å². The summed E-state index contributed by atoms with van der Waals surface area (Å²) in [6, 6.07) is 4.09. The van der Waals surface area contributed by atoms with Crippen LogP contribution in [0.5, 0.6) is 0 Å². The van der Waals surface area contributed by atoms with E-state index >= 15 is 0 Å². The second-order valence-corrected chi connectivity index (χ2v) is 7.85. The fourth-order valence-corrected chi connectivity index (χ4v) is 4.45. The first kappa shape index (κ1) is 15.1. The maximum atomic E-state index is 12.3. The van der Waals surface area contributed by atoms with Gasteiger partial charge in [0.2, 0.25) is 0 Å². The summed E-state index contributed by atoms with van der Waals surface area (Å²) in [5, 5.41) is 0. The fraction of sp³-hybridized carbons (Fsp3) is 0.667. The largest absolute Gasteiger partial charge is 0.296 e. The molecule has 2 rings (SSSR count). The minimum Gasteiger partial charge on any atom is -0.296 e. The van der Waals surface area contributed by atoms with Crippen molar-refractivity contribution in [1.29, 1.82) is 0 Å². The molecule has 4 heteroatoms. The van der Waals surface area contributed by atoms with E-state index in [9.17, 15) is 4.79 Å². The normalized spacial score (nSPS) is 20.6. The molecule has 0 saturated carbocycles. The average molecular weight is 297 g/mol. The number of ketones is 1. The molecule has 0 N–H and O–H groups in total. The number of nitrogens with zero attached hydrogens (tertiary/aromatic N) is 1. The lowest BCUT2D eigenvalue weighted by atomic mass is 10.0. The predicted molar refractivity (Wildman–Crippen MR) is 84.5 cm³/mol. The molecule has 1 aromatic heterocycles. The lowest BCUT2D eigenvalue weighted by Crippen LogP contribution is -2.37. The Labute approximate surface area is 124 Å². The maximum absolute atomic E-state index is 12.3. The van der Waals surface area contributed by atoms with Gasteiger partial charge in [-0.05, 0) is 49.6 Å². The van der Waals surface area contributed by atoms with E-state index in [1.165, 1.54) is 23.5 Å². The van der Waals surface area contributed by atoms with Crippen LogP contribution in [0, 0.1) is 5.92 Å². The van der Waals surface area contributed by atoms with Crippen molar-refractivity contribution >= 4 is 28.9 Å². The summed E-state index contributed by atoms with van der Waals surface area (Å²) >= 11 is 3.51. The van der Waals surface area contributed by atoms with Gasteiger partial charge < -0.3 is 0 Å². The van der Waals surface area contributed by atoms with Gasteiger partial charge in [-0.25, -0.2) is 0 Å². The van der Waals surface area contributed by atoms with Crippen LogP contribution in [0.2, 0.25) is 0 Å². The zero-order chi connectivity index (χ0) is 13.7. The molecule has 0 amide bonds. The number of hydrogen-bond donors (Lipinski definition) is 0. The summed E-state index contributed by atoms with van der Waals surface area (Å²) in [4.78, 5) is 15.5. The van der Waals surface area contributed by atoms with Crippen LogP contribution < -0.4 is 0 Å². The summed E-state index contributed by atoms with van der Waals surface area (Å²) in [7, 11) is 0. The van der Waals surface area contributed by atoms with Gasteiger partial charge in [0, 0.05) is 6.54 Å². The zero-order valence-electron chi connectivity index (χ0n) is 11.9. The summed E-state index contributed by atoms with van der Waals surface area (Å²) in [5.41, 5.74) is 0. The lowest BCUT2D eigenvalue weighted by molar-refractivity contribution is 0.0897. The Hall–Kier alpha value is -0.320. The minimum atomic E-state index is 0.294. The molecule has 1 aromatic rings. The Morgan fingerprint density at radius 3 is 3.11 bits per heavy atom. The third-order valence-electron chi connectivity index (χ3n) is 3.41. The van der Waals surface area contributed by atoms with Gasteiger partial charge >= 0.3 is 0 Å². The highest BCUT2D eigenvalue weighted by molar-refractivity contribution is 8.01. The molecule has 1 aliphatic rings. The Bertz CT molecular complexity index is 416. The van der Waals surface area contributed by atoms with Crippen molar-refractivity contribution in [2.45, 2.75) is 37.3 Å². The van der Waals surface area contributed by atoms with Crippen molar-refractivity contribution < 1.29 is 4.79 Å². The molecule has 106 valence electrons. The number of Topliss-reactive ketones (excluding diaryl/α,β-unsaturated/α-hetero) is 1. The third-order valence-corrected chi connectivity index (χ3v) is 5.97. The van der Waals surface area contributed by atoms with Crippen molar-refractivity contribution in [3.8, 4) is 0 Å². The first-order valence-electron chi connectivity index (χ1n) is 7.17. The standard InChI is InChI=1S/C15H23NOS2/c1-3-9-18-15-7-6-14(19-15)13(17)11-16-8-4-5-12(2)10-16/h6-7,12H,3-5,8-11H2,1-2H3. The summed E-state index contributed by atoms with van der Waals surface area (Å²) in [6.45, 7) is 7.22. The number of thioether (sulfide) groups is 1. The maximum Gasteiger partial charge on any atom is 0.186 e. The molecule has 0 spiro atoms. The van der Waals surface area contributed by atoms with Crippen molar-refractivity contribution in [3.05, 3.63) is 17.0 Å². The first-order chi connectivity index (χ1) is 9.19. The second-order valence-electron chi connectivity index (χ2n) is 5.37. The topological polar surface area (TPSA) is 20.3 Å². The molecule has 1 aliphatic heterocycles. The average Bonchev–Trinajstić information content (AvgIpc) is 2.85. The van der Waals surface area contributed by atoms with E-state index in [1.807, 2.05) is 17.8 Å². The molecule has 1 fully saturated rings. The smallest absolute Gasteiger partial charge is 0.186 e. The van der Waals surface area contributed by atoms with Crippen LogP contribution in [-0.4, -0.2) is 36.1 Å². The molecule has 2 nitrogen and oxygen atoms in total. The van der Waals surface area contributed by atoms with Crippen molar-refractivity contribution in [1.82, 2.24) is 4.90 Å². The highest BCUT2D eigenvalue weighted by Gasteiger charge is 2.20. The number of hydrogen-bond acceptors (Lipinski definition) is 4. The van der Waals surface area contributed by atoms with Crippen LogP contribution in [0.1, 0.15) is 42.8 Å². The summed E-state index contributed by atoms with van der Waals surface area (Å²) in [6.07, 6.45) is 3.72. The molecule has 0 radical (unpaired) electrons. The SMILES string of the molecule is CCCSc1ccc(C(=O)CN2CCCC(C)C2)s1. The van der Waals surface area contributed by atoms with Gasteiger partial charge in [-0.3, -0.25) is 9.69 Å². The van der Waals surface area contributed by atoms with Crippen LogP contribution in [-0.2, 0) is 0 Å². The molecule has 19 heavy (non-hydrogen) atoms. The van der Waals surface area contributed by atoms with E-state index < -0.39 is 0 Å². The van der Waals surface area contributed by atoms with Crippen molar-refractivity contribution in [3.63, 3.8) is 0 Å². The van der Waals surface area contributed by atoms with Crippen LogP contribution in [0.3, 0.4) is 0 Å². The predicted octanol–water partition coefficient (Wildman–Crippen LogP) is 4.16. The highest BCUT2D eigenvalue weighted by Crippen LogP contribution is 2.28. The van der Waals surface area contributed by atoms with Gasteiger partial charge in [0.25, 0.3) is 0 Å². The summed E-state index contributed by atoms with van der Waals surface area (Å²) in [5.74, 6) is 2.17. The van der Waals surface area contributed by atoms with Crippen LogP contribution >= 0.6 is 23.1 Å². The van der Waals surface area contributed by atoms with Gasteiger partial charge in [-0.15, -0.1) is 23.1 Å². The van der Waals surface area contributed by atoms with E-state index in [4.69, 9.17) is 0 Å². The Kier molecular flexibility index (Phi) is 5.92. The van der Waals surface area contributed by atoms with Crippen molar-refractivity contribution in [2.24, 2.45) is 5.92 Å². The molecule has 0 aliphatic carbocycles. The van der Waals surface area contributed by atoms with Crippen LogP contribution in [0.4, 0.5) is 0 Å². The molecular formula is C15H23NOS2. The molecule has 1 unspecified atom stereocenters. The zero-order valence-corrected chi connectivity index (χ0v) is 13.5. The van der Waals surface area contributed by atoms with Gasteiger partial charge in [-0.2, -0.15) is 0 Å². The molecule has 1 saturated heterocycles. The number of likely N-dealkylation sites (tertiary alicyclic amines) is 1. The summed E-state index contributed by atoms with van der Waals surface area (Å²) < 4.78 is 1.28. The van der Waals surface area contributed by atoms with Gasteiger partial charge in [-0.1, -0.05) is 13.8 Å². The Balaban J connectivity index is 1.86. The molecular weight excluding hydrogens is 274 g/mol. The highest BCUT2D eigenvalue weighted by atomic mass is 32.2. The fourth-order valence-electron chi connectivity index (χ4n) is 2.46. The molecule has 0 bridgehead atoms. The monoisotopic (exact) mass is 297 g/mol. The van der Waals surface area contributed by atoms with Crippen LogP contribution in [0.15, 0.2) is 16.3 Å². The van der Waals surface area contributed by atoms with E-state index in [0.717, 1.165) is 29.6 Å². The quantitative estimate of drug-likeness (QED) is 0.581. The van der Waals surface area contributed by atoms with E-state index in [1.54, 1.807) is 11.3 Å². The third kappa shape index (κ3) is 4.62. The number of thiophene rings is 1. The first-order valence-corrected chi connectivity index (χ1v) is 8.97. The molecule has 2 heterocycles. The molecule has 0 aromatic carbocycles. The molecule has 1 atom stereocenters. The second kappa shape index (κ2) is 7.46. The Morgan fingerprint density at radius 2 is 2.37 bits per heavy atom. The Morgan fingerprint density at radius 1 is 1.53 bits per heavy atom. The number of piperidine rings is 1. The van der Waals surface area contributed by atoms with E-state index in [2.05, 4.69) is 24.8 Å². The lowest BCUT2D eigenvalue weighted by Gasteiger charge is -2.29. The van der Waals surface area contributed by atoms with Crippen LogP contribution in [0.25, 0.3) is 0 Å². The van der Waals surface area contributed by atoms with Gasteiger partial charge in [0.05, 0.1) is 15.6 Å². The van der Waals surface area contributed by atoms with E-state index in [0.29, 0.717) is 12.3 Å². The number of carbonyl (C=O) groups excluding carboxylic acids is 1. The minimum absolute atomic E-state index is 0.294. The number of rotatable bonds is 6. The van der Waals surface area contributed by atoms with Gasteiger partial charge in [0.1, 0.15) is 0 Å². The van der Waals surface area contributed by atoms with Crippen molar-refractivity contribution in [2.75, 3.05) is 25.4 Å².